The third kappa shape index (κ3) is 3.59. The molecular weight excluding hydrogens is 297 g/mol. The van der Waals surface area contributed by atoms with Gasteiger partial charge in [-0.15, -0.1) is 0 Å². The van der Waals surface area contributed by atoms with Crippen molar-refractivity contribution < 1.29 is 13.9 Å². The van der Waals surface area contributed by atoms with Crippen molar-refractivity contribution in [3.05, 3.63) is 48.3 Å². The quantitative estimate of drug-likeness (QED) is 0.870. The number of carbonyl (C=O) groups is 1. The van der Waals surface area contributed by atoms with Gasteiger partial charge in [-0.1, -0.05) is 0 Å². The molecule has 6 heteroatoms. The largest absolute Gasteiger partial charge is 0.381 e. The third-order valence-electron chi connectivity index (χ3n) is 4.10. The molecular formula is C17H20FN3O2. The van der Waals surface area contributed by atoms with E-state index in [9.17, 15) is 9.18 Å². The lowest BCUT2D eigenvalue weighted by Crippen LogP contribution is -2.35. The summed E-state index contributed by atoms with van der Waals surface area (Å²) in [6, 6.07) is 5.99. The van der Waals surface area contributed by atoms with Crippen LogP contribution in [0, 0.1) is 11.7 Å². The van der Waals surface area contributed by atoms with Crippen molar-refractivity contribution in [2.24, 2.45) is 5.92 Å². The van der Waals surface area contributed by atoms with Crippen LogP contribution in [0.1, 0.15) is 23.3 Å². The molecule has 23 heavy (non-hydrogen) atoms. The molecule has 1 aliphatic heterocycles. The van der Waals surface area contributed by atoms with Gasteiger partial charge in [0.1, 0.15) is 11.5 Å². The summed E-state index contributed by atoms with van der Waals surface area (Å²) in [4.78, 5) is 18.5. The van der Waals surface area contributed by atoms with Gasteiger partial charge in [0.15, 0.2) is 0 Å². The van der Waals surface area contributed by atoms with Crippen LogP contribution in [0.3, 0.4) is 0 Å². The van der Waals surface area contributed by atoms with E-state index in [0.29, 0.717) is 30.5 Å². The van der Waals surface area contributed by atoms with Gasteiger partial charge >= 0.3 is 0 Å². The summed E-state index contributed by atoms with van der Waals surface area (Å²) in [5.74, 6) is -0.0338. The Bertz CT molecular complexity index is 663. The Morgan fingerprint density at radius 2 is 2.22 bits per heavy atom. The number of rotatable bonds is 4. The van der Waals surface area contributed by atoms with Gasteiger partial charge in [-0.2, -0.15) is 0 Å². The molecule has 0 aliphatic carbocycles. The number of carbonyl (C=O) groups excluding carboxylic acids is 1. The first-order valence-electron chi connectivity index (χ1n) is 7.76. The summed E-state index contributed by atoms with van der Waals surface area (Å²) in [6.45, 7) is 2.17. The first kappa shape index (κ1) is 15.7. The van der Waals surface area contributed by atoms with E-state index in [-0.39, 0.29) is 11.7 Å². The number of amides is 1. The summed E-state index contributed by atoms with van der Waals surface area (Å²) in [5, 5.41) is 0. The number of hydrogen-bond donors (Lipinski definition) is 0. The Morgan fingerprint density at radius 3 is 2.91 bits per heavy atom. The molecule has 1 amide bonds. The van der Waals surface area contributed by atoms with Crippen molar-refractivity contribution in [3.63, 3.8) is 0 Å². The molecule has 0 N–H and O–H groups in total. The van der Waals surface area contributed by atoms with Gasteiger partial charge in [0.25, 0.3) is 5.91 Å². The monoisotopic (exact) mass is 317 g/mol. The van der Waals surface area contributed by atoms with Crippen molar-refractivity contribution >= 4 is 5.91 Å². The van der Waals surface area contributed by atoms with Crippen LogP contribution >= 0.6 is 0 Å². The fourth-order valence-electron chi connectivity index (χ4n) is 2.88. The summed E-state index contributed by atoms with van der Waals surface area (Å²) in [5.41, 5.74) is 1.18. The van der Waals surface area contributed by atoms with E-state index < -0.39 is 0 Å². The van der Waals surface area contributed by atoms with E-state index in [1.807, 2.05) is 0 Å². The smallest absolute Gasteiger partial charge is 0.272 e. The Kier molecular flexibility index (Phi) is 4.71. The van der Waals surface area contributed by atoms with Crippen LogP contribution in [0.2, 0.25) is 0 Å². The van der Waals surface area contributed by atoms with E-state index in [1.165, 1.54) is 12.1 Å². The molecule has 1 aromatic heterocycles. The van der Waals surface area contributed by atoms with Crippen LogP contribution in [0.5, 0.6) is 0 Å². The van der Waals surface area contributed by atoms with Gasteiger partial charge < -0.3 is 9.64 Å². The van der Waals surface area contributed by atoms with Gasteiger partial charge in [0, 0.05) is 25.9 Å². The molecule has 0 radical (unpaired) electrons. The average Bonchev–Trinajstić information content (AvgIpc) is 3.05. The molecule has 5 nitrogen and oxygen atoms in total. The maximum atomic E-state index is 13.1. The zero-order valence-electron chi connectivity index (χ0n) is 13.1. The molecule has 2 heterocycles. The SMILES string of the molecule is CN(C[C@H]1CCCOC1)C(=O)c1cncn1-c1ccc(F)cc1. The standard InChI is InChI=1S/C17H20FN3O2/c1-20(10-13-3-2-8-23-11-13)17(22)16-9-19-12-21(16)15-6-4-14(18)5-7-15/h4-7,9,12-13H,2-3,8,10-11H2,1H3/t13-/m1/s1. The number of hydrogen-bond acceptors (Lipinski definition) is 3. The highest BCUT2D eigenvalue weighted by molar-refractivity contribution is 5.92. The second-order valence-electron chi connectivity index (χ2n) is 5.89. The number of ether oxygens (including phenoxy) is 1. The summed E-state index contributed by atoms with van der Waals surface area (Å²) in [6.07, 6.45) is 5.23. The van der Waals surface area contributed by atoms with Crippen molar-refractivity contribution in [1.82, 2.24) is 14.5 Å². The highest BCUT2D eigenvalue weighted by atomic mass is 19.1. The van der Waals surface area contributed by atoms with Gasteiger partial charge in [-0.05, 0) is 43.0 Å². The zero-order valence-corrected chi connectivity index (χ0v) is 13.1. The van der Waals surface area contributed by atoms with Crippen LogP contribution in [-0.4, -0.2) is 47.2 Å². The van der Waals surface area contributed by atoms with E-state index in [1.54, 1.807) is 41.2 Å². The number of aromatic nitrogens is 2. The van der Waals surface area contributed by atoms with Crippen molar-refractivity contribution in [2.45, 2.75) is 12.8 Å². The fraction of sp³-hybridized carbons (Fsp3) is 0.412. The Morgan fingerprint density at radius 1 is 1.43 bits per heavy atom. The van der Waals surface area contributed by atoms with Crippen molar-refractivity contribution in [3.8, 4) is 5.69 Å². The molecule has 0 spiro atoms. The molecule has 0 bridgehead atoms. The number of halogens is 1. The van der Waals surface area contributed by atoms with Gasteiger partial charge in [-0.25, -0.2) is 9.37 Å². The summed E-state index contributed by atoms with van der Waals surface area (Å²) < 4.78 is 20.2. The minimum Gasteiger partial charge on any atom is -0.381 e. The molecule has 0 saturated carbocycles. The first-order chi connectivity index (χ1) is 11.1. The Balaban J connectivity index is 1.74. The molecule has 1 atom stereocenters. The van der Waals surface area contributed by atoms with Crippen LogP contribution < -0.4 is 0 Å². The number of imidazole rings is 1. The van der Waals surface area contributed by atoms with Crippen LogP contribution in [0.25, 0.3) is 5.69 Å². The maximum absolute atomic E-state index is 13.1. The van der Waals surface area contributed by atoms with Crippen LogP contribution in [0.15, 0.2) is 36.8 Å². The second kappa shape index (κ2) is 6.91. The lowest BCUT2D eigenvalue weighted by atomic mass is 10.0. The highest BCUT2D eigenvalue weighted by Gasteiger charge is 2.22. The van der Waals surface area contributed by atoms with E-state index in [0.717, 1.165) is 19.4 Å². The first-order valence-corrected chi connectivity index (χ1v) is 7.76. The minimum atomic E-state index is -0.309. The Labute approximate surface area is 134 Å². The summed E-state index contributed by atoms with van der Waals surface area (Å²) >= 11 is 0. The number of nitrogens with zero attached hydrogens (tertiary/aromatic N) is 3. The van der Waals surface area contributed by atoms with Gasteiger partial charge in [-0.3, -0.25) is 9.36 Å². The zero-order chi connectivity index (χ0) is 16.2. The van der Waals surface area contributed by atoms with Crippen molar-refractivity contribution in [2.75, 3.05) is 26.8 Å². The maximum Gasteiger partial charge on any atom is 0.272 e. The molecule has 0 unspecified atom stereocenters. The Hall–Kier alpha value is -2.21. The van der Waals surface area contributed by atoms with Crippen LogP contribution in [-0.2, 0) is 4.74 Å². The normalized spacial score (nSPS) is 17.9. The molecule has 1 aromatic carbocycles. The molecule has 2 aromatic rings. The molecule has 122 valence electrons. The van der Waals surface area contributed by atoms with E-state index in [4.69, 9.17) is 4.74 Å². The van der Waals surface area contributed by atoms with Gasteiger partial charge in [0.2, 0.25) is 0 Å². The predicted molar refractivity (Wildman–Crippen MR) is 84.0 cm³/mol. The third-order valence-corrected chi connectivity index (χ3v) is 4.10. The van der Waals surface area contributed by atoms with Crippen molar-refractivity contribution in [1.29, 1.82) is 0 Å². The van der Waals surface area contributed by atoms with E-state index in [2.05, 4.69) is 4.98 Å². The lowest BCUT2D eigenvalue weighted by molar-refractivity contribution is 0.0386. The van der Waals surface area contributed by atoms with Gasteiger partial charge in [0.05, 0.1) is 19.1 Å². The lowest BCUT2D eigenvalue weighted by Gasteiger charge is -2.27. The van der Waals surface area contributed by atoms with E-state index >= 15 is 0 Å². The minimum absolute atomic E-state index is 0.0996. The topological polar surface area (TPSA) is 47.4 Å². The summed E-state index contributed by atoms with van der Waals surface area (Å²) in [7, 11) is 1.79. The van der Waals surface area contributed by atoms with Crippen LogP contribution in [0.4, 0.5) is 4.39 Å². The molecule has 1 saturated heterocycles. The molecule has 3 rings (SSSR count). The highest BCUT2D eigenvalue weighted by Crippen LogP contribution is 2.17. The second-order valence-corrected chi connectivity index (χ2v) is 5.89. The number of benzene rings is 1. The molecule has 1 fully saturated rings. The fourth-order valence-corrected chi connectivity index (χ4v) is 2.88. The average molecular weight is 317 g/mol. The predicted octanol–water partition coefficient (Wildman–Crippen LogP) is 2.51. The molecule has 1 aliphatic rings.